The maximum absolute atomic E-state index is 13.0. The minimum atomic E-state index is -0.285. The maximum atomic E-state index is 13.0. The molecule has 0 saturated heterocycles. The molecule has 5 heteroatoms. The Morgan fingerprint density at radius 2 is 1.68 bits per heavy atom. The van der Waals surface area contributed by atoms with Gasteiger partial charge in [0, 0.05) is 17.6 Å². The molecule has 0 bridgehead atoms. The van der Waals surface area contributed by atoms with Crippen LogP contribution in [-0.4, -0.2) is 18.0 Å². The first kappa shape index (κ1) is 17.5. The Kier molecular flexibility index (Phi) is 4.89. The summed E-state index contributed by atoms with van der Waals surface area (Å²) in [6, 6.07) is 23.9. The van der Waals surface area contributed by atoms with Crippen molar-refractivity contribution in [3.63, 3.8) is 0 Å². The number of carbonyl (C=O) groups is 1. The van der Waals surface area contributed by atoms with E-state index in [2.05, 4.69) is 10.3 Å². The molecule has 0 radical (unpaired) electrons. The van der Waals surface area contributed by atoms with Crippen LogP contribution in [0.15, 0.2) is 85.1 Å². The molecule has 5 nitrogen and oxygen atoms in total. The summed E-state index contributed by atoms with van der Waals surface area (Å²) in [6.07, 6.45) is 1.69. The minimum Gasteiger partial charge on any atom is -0.497 e. The number of rotatable bonds is 5. The zero-order chi connectivity index (χ0) is 19.3. The first-order valence-corrected chi connectivity index (χ1v) is 8.80. The molecule has 0 aliphatic rings. The van der Waals surface area contributed by atoms with Crippen LogP contribution in [0.25, 0.3) is 10.9 Å². The van der Waals surface area contributed by atoms with Crippen molar-refractivity contribution in [3.05, 3.63) is 90.6 Å². The van der Waals surface area contributed by atoms with Crippen molar-refractivity contribution in [2.24, 2.45) is 0 Å². The molecule has 1 heterocycles. The van der Waals surface area contributed by atoms with E-state index in [-0.39, 0.29) is 5.91 Å². The van der Waals surface area contributed by atoms with Gasteiger partial charge in [0.15, 0.2) is 0 Å². The third kappa shape index (κ3) is 3.64. The lowest BCUT2D eigenvalue weighted by Gasteiger charge is -2.13. The van der Waals surface area contributed by atoms with Gasteiger partial charge in [-0.1, -0.05) is 36.4 Å². The Hall–Kier alpha value is -3.86. The van der Waals surface area contributed by atoms with Crippen molar-refractivity contribution in [2.45, 2.75) is 0 Å². The maximum Gasteiger partial charge on any atom is 0.259 e. The van der Waals surface area contributed by atoms with Gasteiger partial charge in [-0.2, -0.15) is 0 Å². The molecule has 0 spiro atoms. The largest absolute Gasteiger partial charge is 0.497 e. The monoisotopic (exact) mass is 370 g/mol. The Balaban J connectivity index is 1.67. The predicted octanol–water partition coefficient (Wildman–Crippen LogP) is 5.29. The molecule has 4 aromatic rings. The van der Waals surface area contributed by atoms with Crippen molar-refractivity contribution >= 4 is 22.5 Å². The molecule has 138 valence electrons. The Morgan fingerprint density at radius 3 is 2.50 bits per heavy atom. The molecule has 28 heavy (non-hydrogen) atoms. The fourth-order valence-corrected chi connectivity index (χ4v) is 2.93. The second-order valence-corrected chi connectivity index (χ2v) is 6.12. The molecule has 0 saturated carbocycles. The molecule has 0 aliphatic heterocycles. The molecular formula is C23H18N2O3. The van der Waals surface area contributed by atoms with Gasteiger partial charge in [-0.15, -0.1) is 0 Å². The summed E-state index contributed by atoms with van der Waals surface area (Å²) in [5.74, 6) is 1.50. The van der Waals surface area contributed by atoms with Gasteiger partial charge in [-0.05, 0) is 36.4 Å². The summed E-state index contributed by atoms with van der Waals surface area (Å²) >= 11 is 0. The first-order valence-electron chi connectivity index (χ1n) is 8.80. The number of aromatic nitrogens is 1. The van der Waals surface area contributed by atoms with E-state index >= 15 is 0 Å². The lowest BCUT2D eigenvalue weighted by atomic mass is 10.1. The van der Waals surface area contributed by atoms with E-state index in [9.17, 15) is 4.79 Å². The summed E-state index contributed by atoms with van der Waals surface area (Å²) in [5, 5.41) is 3.82. The number of fused-ring (bicyclic) bond motifs is 1. The minimum absolute atomic E-state index is 0.285. The third-order valence-corrected chi connectivity index (χ3v) is 4.27. The highest BCUT2D eigenvalue weighted by Gasteiger charge is 2.15. The zero-order valence-electron chi connectivity index (χ0n) is 15.3. The number of amides is 1. The molecule has 0 aliphatic carbocycles. The predicted molar refractivity (Wildman–Crippen MR) is 109 cm³/mol. The van der Waals surface area contributed by atoms with Crippen LogP contribution in [0.1, 0.15) is 10.4 Å². The number of hydrogen-bond donors (Lipinski definition) is 1. The fourth-order valence-electron chi connectivity index (χ4n) is 2.93. The van der Waals surface area contributed by atoms with E-state index in [0.717, 1.165) is 5.39 Å². The molecular weight excluding hydrogens is 352 g/mol. The Morgan fingerprint density at radius 1 is 0.893 bits per heavy atom. The molecule has 3 aromatic carbocycles. The second-order valence-electron chi connectivity index (χ2n) is 6.12. The van der Waals surface area contributed by atoms with E-state index in [0.29, 0.717) is 34.0 Å². The standard InChI is InChI=1S/C23H18N2O3/c1-27-18-14-16-8-7-13-24-22(16)20(15-18)25-23(26)19-11-5-6-12-21(19)28-17-9-3-2-4-10-17/h2-15H,1H3,(H,25,26). The van der Waals surface area contributed by atoms with E-state index < -0.39 is 0 Å². The highest BCUT2D eigenvalue weighted by atomic mass is 16.5. The van der Waals surface area contributed by atoms with Crippen LogP contribution < -0.4 is 14.8 Å². The highest BCUT2D eigenvalue weighted by Crippen LogP contribution is 2.30. The van der Waals surface area contributed by atoms with Crippen LogP contribution in [0.3, 0.4) is 0 Å². The normalized spacial score (nSPS) is 10.5. The third-order valence-electron chi connectivity index (χ3n) is 4.27. The highest BCUT2D eigenvalue weighted by molar-refractivity contribution is 6.10. The van der Waals surface area contributed by atoms with Crippen molar-refractivity contribution in [3.8, 4) is 17.2 Å². The van der Waals surface area contributed by atoms with E-state index in [1.165, 1.54) is 0 Å². The number of nitrogens with one attached hydrogen (secondary N) is 1. The van der Waals surface area contributed by atoms with Crippen molar-refractivity contribution in [1.82, 2.24) is 4.98 Å². The van der Waals surface area contributed by atoms with Crippen LogP contribution in [-0.2, 0) is 0 Å². The van der Waals surface area contributed by atoms with E-state index in [4.69, 9.17) is 9.47 Å². The van der Waals surface area contributed by atoms with E-state index in [1.807, 2.05) is 54.6 Å². The topological polar surface area (TPSA) is 60.5 Å². The number of anilines is 1. The second kappa shape index (κ2) is 7.80. The van der Waals surface area contributed by atoms with Gasteiger partial charge in [0.1, 0.15) is 17.2 Å². The first-order chi connectivity index (χ1) is 13.7. The fraction of sp³-hybridized carbons (Fsp3) is 0.0435. The molecule has 1 N–H and O–H groups in total. The SMILES string of the molecule is COc1cc(NC(=O)c2ccccc2Oc2ccccc2)c2ncccc2c1. The van der Waals surface area contributed by atoms with Crippen LogP contribution in [0.2, 0.25) is 0 Å². The smallest absolute Gasteiger partial charge is 0.259 e. The molecule has 4 rings (SSSR count). The van der Waals surface area contributed by atoms with Gasteiger partial charge >= 0.3 is 0 Å². The number of methoxy groups -OCH3 is 1. The van der Waals surface area contributed by atoms with Crippen molar-refractivity contribution in [2.75, 3.05) is 12.4 Å². The zero-order valence-corrected chi connectivity index (χ0v) is 15.3. The molecule has 0 atom stereocenters. The van der Waals surface area contributed by atoms with Crippen molar-refractivity contribution in [1.29, 1.82) is 0 Å². The summed E-state index contributed by atoms with van der Waals surface area (Å²) in [6.45, 7) is 0. The van der Waals surface area contributed by atoms with Crippen LogP contribution in [0, 0.1) is 0 Å². The number of carbonyl (C=O) groups excluding carboxylic acids is 1. The van der Waals surface area contributed by atoms with Gasteiger partial charge < -0.3 is 14.8 Å². The Bertz CT molecular complexity index is 1130. The van der Waals surface area contributed by atoms with Crippen LogP contribution in [0.5, 0.6) is 17.2 Å². The average Bonchev–Trinajstić information content (AvgIpc) is 2.74. The Labute approximate surface area is 162 Å². The van der Waals surface area contributed by atoms with Gasteiger partial charge in [0.2, 0.25) is 0 Å². The molecule has 0 unspecified atom stereocenters. The van der Waals surface area contributed by atoms with Crippen LogP contribution >= 0.6 is 0 Å². The average molecular weight is 370 g/mol. The van der Waals surface area contributed by atoms with Gasteiger partial charge in [-0.3, -0.25) is 9.78 Å². The lowest BCUT2D eigenvalue weighted by Crippen LogP contribution is -2.13. The number of hydrogen-bond acceptors (Lipinski definition) is 4. The van der Waals surface area contributed by atoms with Gasteiger partial charge in [0.25, 0.3) is 5.91 Å². The number of ether oxygens (including phenoxy) is 2. The molecule has 1 amide bonds. The number of pyridine rings is 1. The summed E-state index contributed by atoms with van der Waals surface area (Å²) in [4.78, 5) is 17.4. The number of benzene rings is 3. The van der Waals surface area contributed by atoms with E-state index in [1.54, 1.807) is 37.6 Å². The number of para-hydroxylation sites is 2. The van der Waals surface area contributed by atoms with Gasteiger partial charge in [-0.25, -0.2) is 0 Å². The quantitative estimate of drug-likeness (QED) is 0.519. The summed E-state index contributed by atoms with van der Waals surface area (Å²) in [5.41, 5.74) is 1.70. The number of nitrogens with zero attached hydrogens (tertiary/aromatic N) is 1. The van der Waals surface area contributed by atoms with Crippen LogP contribution in [0.4, 0.5) is 5.69 Å². The summed E-state index contributed by atoms with van der Waals surface area (Å²) < 4.78 is 11.2. The van der Waals surface area contributed by atoms with Gasteiger partial charge in [0.05, 0.1) is 23.9 Å². The van der Waals surface area contributed by atoms with Crippen molar-refractivity contribution < 1.29 is 14.3 Å². The lowest BCUT2D eigenvalue weighted by molar-refractivity contribution is 0.102. The molecule has 1 aromatic heterocycles. The molecule has 0 fully saturated rings. The summed E-state index contributed by atoms with van der Waals surface area (Å²) in [7, 11) is 1.59.